The molecule has 1 aliphatic rings. The highest BCUT2D eigenvalue weighted by Crippen LogP contribution is 2.28. The molecule has 4 rings (SSSR count). The van der Waals surface area contributed by atoms with Crippen molar-refractivity contribution >= 4 is 39.5 Å². The largest absolute Gasteiger partial charge is 0.345 e. The van der Waals surface area contributed by atoms with Gasteiger partial charge in [0.15, 0.2) is 10.2 Å². The van der Waals surface area contributed by atoms with Crippen molar-refractivity contribution in [2.45, 2.75) is 0 Å². The molecular formula is C20H20N4S2. The summed E-state index contributed by atoms with van der Waals surface area (Å²) < 4.78 is 0. The number of hydrogen-bond donors (Lipinski definition) is 1. The van der Waals surface area contributed by atoms with Crippen molar-refractivity contribution in [3.05, 3.63) is 66.0 Å². The fourth-order valence-electron chi connectivity index (χ4n) is 2.98. The third kappa shape index (κ3) is 3.86. The molecule has 0 radical (unpaired) electrons. The van der Waals surface area contributed by atoms with Gasteiger partial charge in [-0.1, -0.05) is 48.5 Å². The third-order valence-electron chi connectivity index (χ3n) is 4.42. The topological polar surface area (TPSA) is 31.4 Å². The van der Waals surface area contributed by atoms with Crippen LogP contribution in [-0.4, -0.2) is 41.2 Å². The highest BCUT2D eigenvalue weighted by molar-refractivity contribution is 7.80. The van der Waals surface area contributed by atoms with Crippen LogP contribution in [0.4, 0.5) is 10.8 Å². The predicted octanol–water partition coefficient (Wildman–Crippen LogP) is 4.33. The quantitative estimate of drug-likeness (QED) is 0.684. The minimum atomic E-state index is 0.792. The molecule has 3 aromatic rings. The zero-order valence-corrected chi connectivity index (χ0v) is 16.0. The number of thiocarbonyl (C=S) groups is 1. The normalized spacial score (nSPS) is 14.3. The third-order valence-corrected chi connectivity index (χ3v) is 5.69. The highest BCUT2D eigenvalue weighted by Gasteiger charge is 2.21. The number of hydrogen-bond acceptors (Lipinski definition) is 4. The molecule has 0 spiro atoms. The van der Waals surface area contributed by atoms with Crippen molar-refractivity contribution in [1.82, 2.24) is 9.88 Å². The van der Waals surface area contributed by atoms with Gasteiger partial charge < -0.3 is 15.1 Å². The van der Waals surface area contributed by atoms with Crippen LogP contribution in [0.2, 0.25) is 0 Å². The van der Waals surface area contributed by atoms with Crippen molar-refractivity contribution in [3.8, 4) is 11.3 Å². The van der Waals surface area contributed by atoms with Gasteiger partial charge in [0.25, 0.3) is 0 Å². The van der Waals surface area contributed by atoms with Crippen LogP contribution in [0.15, 0.2) is 66.0 Å². The summed E-state index contributed by atoms with van der Waals surface area (Å²) in [4.78, 5) is 9.39. The summed E-state index contributed by atoms with van der Waals surface area (Å²) in [5.74, 6) is 0. The van der Waals surface area contributed by atoms with Crippen molar-refractivity contribution in [3.63, 3.8) is 0 Å². The molecule has 0 atom stereocenters. The van der Waals surface area contributed by atoms with Gasteiger partial charge in [-0.15, -0.1) is 11.3 Å². The van der Waals surface area contributed by atoms with Gasteiger partial charge >= 0.3 is 0 Å². The molecule has 2 heterocycles. The van der Waals surface area contributed by atoms with E-state index in [0.29, 0.717) is 0 Å². The lowest BCUT2D eigenvalue weighted by Gasteiger charge is -2.36. The van der Waals surface area contributed by atoms with Crippen LogP contribution in [0.1, 0.15) is 0 Å². The Kier molecular flexibility index (Phi) is 5.13. The molecular weight excluding hydrogens is 360 g/mol. The molecule has 0 bridgehead atoms. The van der Waals surface area contributed by atoms with Crippen molar-refractivity contribution in [2.75, 3.05) is 36.4 Å². The van der Waals surface area contributed by atoms with Gasteiger partial charge in [-0.25, -0.2) is 4.98 Å². The second kappa shape index (κ2) is 7.85. The molecule has 1 fully saturated rings. The zero-order chi connectivity index (χ0) is 17.8. The molecule has 1 N–H and O–H groups in total. The lowest BCUT2D eigenvalue weighted by atomic mass is 10.2. The summed E-state index contributed by atoms with van der Waals surface area (Å²) in [6, 6.07) is 20.4. The maximum Gasteiger partial charge on any atom is 0.185 e. The Labute approximate surface area is 163 Å². The Balaban J connectivity index is 1.35. The summed E-state index contributed by atoms with van der Waals surface area (Å²) >= 11 is 7.27. The summed E-state index contributed by atoms with van der Waals surface area (Å²) in [7, 11) is 0. The van der Waals surface area contributed by atoms with Crippen LogP contribution >= 0.6 is 23.6 Å². The summed E-state index contributed by atoms with van der Waals surface area (Å²) in [6.45, 7) is 3.66. The first-order chi connectivity index (χ1) is 12.8. The number of anilines is 2. The van der Waals surface area contributed by atoms with Gasteiger partial charge in [0.2, 0.25) is 0 Å². The number of para-hydroxylation sites is 1. The van der Waals surface area contributed by atoms with Crippen LogP contribution in [-0.2, 0) is 0 Å². The smallest absolute Gasteiger partial charge is 0.185 e. The van der Waals surface area contributed by atoms with E-state index in [1.165, 1.54) is 5.56 Å². The highest BCUT2D eigenvalue weighted by atomic mass is 32.1. The first kappa shape index (κ1) is 17.0. The van der Waals surface area contributed by atoms with Crippen LogP contribution in [0.25, 0.3) is 11.3 Å². The summed E-state index contributed by atoms with van der Waals surface area (Å²) in [5, 5.41) is 7.34. The van der Waals surface area contributed by atoms with Crippen molar-refractivity contribution in [2.24, 2.45) is 0 Å². The van der Waals surface area contributed by atoms with Crippen LogP contribution in [0.3, 0.4) is 0 Å². The molecule has 0 unspecified atom stereocenters. The number of rotatable bonds is 3. The molecule has 1 aromatic heterocycles. The van der Waals surface area contributed by atoms with E-state index in [2.05, 4.69) is 32.6 Å². The molecule has 4 nitrogen and oxygen atoms in total. The van der Waals surface area contributed by atoms with Gasteiger partial charge in [0.05, 0.1) is 5.69 Å². The fourth-order valence-corrected chi connectivity index (χ4v) is 4.16. The van der Waals surface area contributed by atoms with E-state index < -0.39 is 0 Å². The first-order valence-electron chi connectivity index (χ1n) is 8.66. The summed E-state index contributed by atoms with van der Waals surface area (Å²) in [5.41, 5.74) is 3.25. The Hall–Kier alpha value is -2.44. The van der Waals surface area contributed by atoms with E-state index >= 15 is 0 Å². The average molecular weight is 381 g/mol. The number of nitrogens with one attached hydrogen (secondary N) is 1. The van der Waals surface area contributed by atoms with E-state index in [9.17, 15) is 0 Å². The molecule has 26 heavy (non-hydrogen) atoms. The zero-order valence-electron chi connectivity index (χ0n) is 14.3. The first-order valence-corrected chi connectivity index (χ1v) is 9.95. The molecule has 1 aliphatic heterocycles. The minimum Gasteiger partial charge on any atom is -0.345 e. The number of aromatic nitrogens is 1. The lowest BCUT2D eigenvalue weighted by Crippen LogP contribution is -2.50. The second-order valence-corrected chi connectivity index (χ2v) is 7.37. The van der Waals surface area contributed by atoms with Crippen LogP contribution in [0, 0.1) is 0 Å². The molecule has 1 saturated heterocycles. The van der Waals surface area contributed by atoms with E-state index in [1.54, 1.807) is 11.3 Å². The Bertz CT molecular complexity index is 856. The summed E-state index contributed by atoms with van der Waals surface area (Å²) in [6.07, 6.45) is 0. The molecule has 6 heteroatoms. The SMILES string of the molecule is S=C(Nc1ccccc1)N1CCN(c2nc(-c3ccccc3)cs2)CC1. The lowest BCUT2D eigenvalue weighted by molar-refractivity contribution is 0.390. The molecule has 2 aromatic carbocycles. The van der Waals surface area contributed by atoms with Gasteiger partial charge in [0.1, 0.15) is 0 Å². The second-order valence-electron chi connectivity index (χ2n) is 6.15. The van der Waals surface area contributed by atoms with Gasteiger partial charge in [-0.05, 0) is 24.4 Å². The van der Waals surface area contributed by atoms with Gasteiger partial charge in [-0.3, -0.25) is 0 Å². The minimum absolute atomic E-state index is 0.792. The van der Waals surface area contributed by atoms with Crippen molar-refractivity contribution < 1.29 is 0 Å². The van der Waals surface area contributed by atoms with E-state index in [4.69, 9.17) is 17.2 Å². The monoisotopic (exact) mass is 380 g/mol. The molecule has 0 saturated carbocycles. The number of benzene rings is 2. The molecule has 0 aliphatic carbocycles. The van der Waals surface area contributed by atoms with Gasteiger partial charge in [0, 0.05) is 42.8 Å². The predicted molar refractivity (Wildman–Crippen MR) is 114 cm³/mol. The number of piperazine rings is 1. The fraction of sp³-hybridized carbons (Fsp3) is 0.200. The van der Waals surface area contributed by atoms with Crippen LogP contribution < -0.4 is 10.2 Å². The van der Waals surface area contributed by atoms with E-state index in [0.717, 1.165) is 47.8 Å². The maximum atomic E-state index is 5.56. The maximum absolute atomic E-state index is 5.56. The Morgan fingerprint density at radius 1 is 0.923 bits per heavy atom. The average Bonchev–Trinajstić information content (AvgIpc) is 3.20. The van der Waals surface area contributed by atoms with Crippen molar-refractivity contribution in [1.29, 1.82) is 0 Å². The standard InChI is InChI=1S/C20H20N4S2/c25-19(21-17-9-5-2-6-10-17)23-11-13-24(14-12-23)20-22-18(15-26-20)16-7-3-1-4-8-16/h1-10,15H,11-14H2,(H,21,25). The number of thiazole rings is 1. The molecule has 0 amide bonds. The Morgan fingerprint density at radius 2 is 1.58 bits per heavy atom. The Morgan fingerprint density at radius 3 is 2.27 bits per heavy atom. The molecule has 132 valence electrons. The number of nitrogens with zero attached hydrogens (tertiary/aromatic N) is 3. The van der Waals surface area contributed by atoms with E-state index in [1.807, 2.05) is 48.5 Å². The van der Waals surface area contributed by atoms with Crippen LogP contribution in [0.5, 0.6) is 0 Å². The van der Waals surface area contributed by atoms with Gasteiger partial charge in [-0.2, -0.15) is 0 Å². The van der Waals surface area contributed by atoms with E-state index in [-0.39, 0.29) is 0 Å².